The highest BCUT2D eigenvalue weighted by molar-refractivity contribution is 7.92. The van der Waals surface area contributed by atoms with E-state index in [0.717, 1.165) is 29.1 Å². The van der Waals surface area contributed by atoms with Crippen LogP contribution in [0.4, 0.5) is 5.69 Å². The Kier molecular flexibility index (Phi) is 6.02. The molecule has 2 bridgehead atoms. The lowest BCUT2D eigenvalue weighted by atomic mass is 9.95. The summed E-state index contributed by atoms with van der Waals surface area (Å²) in [6.07, 6.45) is 4.47. The van der Waals surface area contributed by atoms with Gasteiger partial charge < -0.3 is 5.32 Å². The zero-order valence-corrected chi connectivity index (χ0v) is 19.0. The lowest BCUT2D eigenvalue weighted by molar-refractivity contribution is -0.120. The Morgan fingerprint density at radius 2 is 1.83 bits per heavy atom. The van der Waals surface area contributed by atoms with E-state index < -0.39 is 10.0 Å². The minimum absolute atomic E-state index is 0.0943. The van der Waals surface area contributed by atoms with Gasteiger partial charge in [0.05, 0.1) is 20.6 Å². The maximum Gasteiger partial charge on any atom is 0.264 e. The Morgan fingerprint density at radius 1 is 1.10 bits per heavy atom. The molecule has 2 aromatic carbocycles. The van der Waals surface area contributed by atoms with E-state index in [1.807, 2.05) is 6.92 Å². The van der Waals surface area contributed by atoms with E-state index in [-0.39, 0.29) is 39.1 Å². The molecule has 3 atom stereocenters. The average molecular weight is 467 g/mol. The van der Waals surface area contributed by atoms with Crippen LogP contribution in [-0.4, -0.2) is 26.9 Å². The monoisotopic (exact) mass is 466 g/mol. The highest BCUT2D eigenvalue weighted by atomic mass is 35.5. The molecule has 30 heavy (non-hydrogen) atoms. The van der Waals surface area contributed by atoms with Gasteiger partial charge in [-0.25, -0.2) is 8.42 Å². The van der Waals surface area contributed by atoms with Crippen LogP contribution in [0.5, 0.6) is 0 Å². The highest BCUT2D eigenvalue weighted by Crippen LogP contribution is 2.44. The van der Waals surface area contributed by atoms with Gasteiger partial charge in [0.2, 0.25) is 5.91 Å². The third-order valence-corrected chi connectivity index (χ3v) is 8.76. The molecular formula is C22H24Cl2N2O3S. The Morgan fingerprint density at radius 3 is 2.47 bits per heavy atom. The molecule has 5 nitrogen and oxygen atoms in total. The molecule has 0 unspecified atom stereocenters. The van der Waals surface area contributed by atoms with E-state index >= 15 is 0 Å². The van der Waals surface area contributed by atoms with E-state index in [0.29, 0.717) is 11.8 Å². The molecule has 160 valence electrons. The maximum atomic E-state index is 13.5. The number of halogens is 2. The minimum Gasteiger partial charge on any atom is -0.352 e. The fourth-order valence-corrected chi connectivity index (χ4v) is 6.51. The third kappa shape index (κ3) is 4.18. The molecule has 2 aliphatic carbocycles. The predicted octanol–water partition coefficient (Wildman–Crippen LogP) is 4.80. The average Bonchev–Trinajstić information content (AvgIpc) is 3.32. The summed E-state index contributed by atoms with van der Waals surface area (Å²) in [5, 5.41) is 3.38. The van der Waals surface area contributed by atoms with Crippen molar-refractivity contribution in [3.63, 3.8) is 0 Å². The fourth-order valence-electron chi connectivity index (χ4n) is 4.63. The van der Waals surface area contributed by atoms with Crippen LogP contribution in [0.3, 0.4) is 0 Å². The smallest absolute Gasteiger partial charge is 0.264 e. The van der Waals surface area contributed by atoms with Crippen molar-refractivity contribution in [3.05, 3.63) is 58.1 Å². The number of anilines is 1. The molecule has 1 amide bonds. The summed E-state index contributed by atoms with van der Waals surface area (Å²) >= 11 is 12.5. The molecule has 2 fully saturated rings. The van der Waals surface area contributed by atoms with Crippen LogP contribution in [0.25, 0.3) is 0 Å². The molecule has 2 aromatic rings. The van der Waals surface area contributed by atoms with Crippen molar-refractivity contribution in [2.75, 3.05) is 10.8 Å². The Balaban J connectivity index is 1.64. The SMILES string of the molecule is Cc1ccc(S(=O)(=O)N(CC(=O)N[C@@H]2C[C@H]3CC[C@H]2C3)c2cccc(Cl)c2Cl)cc1. The number of nitrogens with zero attached hydrogens (tertiary/aromatic N) is 1. The van der Waals surface area contributed by atoms with E-state index in [9.17, 15) is 13.2 Å². The third-order valence-electron chi connectivity index (χ3n) is 6.18. The second kappa shape index (κ2) is 8.40. The van der Waals surface area contributed by atoms with Crippen molar-refractivity contribution in [2.24, 2.45) is 11.8 Å². The van der Waals surface area contributed by atoms with Gasteiger partial charge in [0, 0.05) is 6.04 Å². The first-order valence-corrected chi connectivity index (χ1v) is 12.3. The molecule has 2 aliphatic rings. The zero-order valence-electron chi connectivity index (χ0n) is 16.6. The molecule has 8 heteroatoms. The second-order valence-electron chi connectivity index (χ2n) is 8.25. The van der Waals surface area contributed by atoms with Crippen molar-refractivity contribution >= 4 is 44.8 Å². The maximum absolute atomic E-state index is 13.5. The number of rotatable bonds is 6. The summed E-state index contributed by atoms with van der Waals surface area (Å²) in [6, 6.07) is 11.4. The van der Waals surface area contributed by atoms with Gasteiger partial charge in [0.1, 0.15) is 6.54 Å². The van der Waals surface area contributed by atoms with E-state index in [2.05, 4.69) is 5.32 Å². The van der Waals surface area contributed by atoms with Crippen molar-refractivity contribution in [1.82, 2.24) is 5.32 Å². The normalized spacial score (nSPS) is 22.8. The van der Waals surface area contributed by atoms with Gasteiger partial charge in [-0.1, -0.05) is 53.4 Å². The fraction of sp³-hybridized carbons (Fsp3) is 0.409. The topological polar surface area (TPSA) is 66.5 Å². The number of hydrogen-bond donors (Lipinski definition) is 1. The van der Waals surface area contributed by atoms with Gasteiger partial charge >= 0.3 is 0 Å². The standard InChI is InChI=1S/C22H24Cl2N2O3S/c1-14-5-9-17(10-6-14)30(28,29)26(20-4-2-3-18(23)22(20)24)13-21(27)25-19-12-15-7-8-16(19)11-15/h2-6,9-10,15-16,19H,7-8,11-13H2,1H3,(H,25,27)/t15-,16-,19+/m0/s1. The number of carbonyl (C=O) groups is 1. The number of fused-ring (bicyclic) bond motifs is 2. The number of carbonyl (C=O) groups excluding carboxylic acids is 1. The Labute approximate surface area is 187 Å². The van der Waals surface area contributed by atoms with Gasteiger partial charge in [0.15, 0.2) is 0 Å². The molecule has 1 N–H and O–H groups in total. The summed E-state index contributed by atoms with van der Waals surface area (Å²) in [5.41, 5.74) is 1.13. The summed E-state index contributed by atoms with van der Waals surface area (Å²) in [4.78, 5) is 13.0. The van der Waals surface area contributed by atoms with Crippen LogP contribution in [0, 0.1) is 18.8 Å². The molecule has 0 heterocycles. The van der Waals surface area contributed by atoms with Crippen LogP contribution in [-0.2, 0) is 14.8 Å². The number of aryl methyl sites for hydroxylation is 1. The lowest BCUT2D eigenvalue weighted by Gasteiger charge is -2.28. The number of amides is 1. The van der Waals surface area contributed by atoms with Gasteiger partial charge in [0.25, 0.3) is 10.0 Å². The largest absolute Gasteiger partial charge is 0.352 e. The molecule has 0 spiro atoms. The van der Waals surface area contributed by atoms with Crippen molar-refractivity contribution < 1.29 is 13.2 Å². The zero-order chi connectivity index (χ0) is 21.5. The molecule has 0 aliphatic heterocycles. The van der Waals surface area contributed by atoms with Crippen LogP contribution >= 0.6 is 23.2 Å². The quantitative estimate of drug-likeness (QED) is 0.664. The van der Waals surface area contributed by atoms with Crippen LogP contribution in [0.1, 0.15) is 31.2 Å². The highest BCUT2D eigenvalue weighted by Gasteiger charge is 2.40. The van der Waals surface area contributed by atoms with Crippen molar-refractivity contribution in [3.8, 4) is 0 Å². The second-order valence-corrected chi connectivity index (χ2v) is 10.9. The molecule has 4 rings (SSSR count). The lowest BCUT2D eigenvalue weighted by Crippen LogP contribution is -2.46. The Hall–Kier alpha value is -1.76. The van der Waals surface area contributed by atoms with Crippen LogP contribution in [0.2, 0.25) is 10.0 Å². The summed E-state index contributed by atoms with van der Waals surface area (Å²) in [6.45, 7) is 1.52. The first-order chi connectivity index (χ1) is 14.3. The summed E-state index contributed by atoms with van der Waals surface area (Å²) in [7, 11) is -4.02. The van der Waals surface area contributed by atoms with Crippen LogP contribution < -0.4 is 9.62 Å². The minimum atomic E-state index is -4.02. The van der Waals surface area contributed by atoms with Gasteiger partial charge in [-0.15, -0.1) is 0 Å². The van der Waals surface area contributed by atoms with Gasteiger partial charge in [-0.3, -0.25) is 9.10 Å². The van der Waals surface area contributed by atoms with Gasteiger partial charge in [-0.2, -0.15) is 0 Å². The number of benzene rings is 2. The molecule has 0 radical (unpaired) electrons. The number of hydrogen-bond acceptors (Lipinski definition) is 3. The molecule has 2 saturated carbocycles. The predicted molar refractivity (Wildman–Crippen MR) is 120 cm³/mol. The van der Waals surface area contributed by atoms with E-state index in [1.165, 1.54) is 18.6 Å². The number of sulfonamides is 1. The molecule has 0 aromatic heterocycles. The summed E-state index contributed by atoms with van der Waals surface area (Å²) < 4.78 is 28.0. The van der Waals surface area contributed by atoms with Crippen LogP contribution in [0.15, 0.2) is 47.4 Å². The van der Waals surface area contributed by atoms with E-state index in [1.54, 1.807) is 30.3 Å². The van der Waals surface area contributed by atoms with Crippen molar-refractivity contribution in [2.45, 2.75) is 43.5 Å². The van der Waals surface area contributed by atoms with Gasteiger partial charge in [-0.05, 0) is 62.3 Å². The van der Waals surface area contributed by atoms with E-state index in [4.69, 9.17) is 23.2 Å². The number of nitrogens with one attached hydrogen (secondary N) is 1. The first kappa shape index (κ1) is 21.5. The molecular weight excluding hydrogens is 443 g/mol. The van der Waals surface area contributed by atoms with Crippen molar-refractivity contribution in [1.29, 1.82) is 0 Å². The first-order valence-electron chi connectivity index (χ1n) is 10.1. The Bertz CT molecular complexity index is 1060. The summed E-state index contributed by atoms with van der Waals surface area (Å²) in [5.74, 6) is 0.838. The molecule has 0 saturated heterocycles.